The van der Waals surface area contributed by atoms with Crippen LogP contribution >= 0.6 is 11.6 Å². The minimum Gasteiger partial charge on any atom is -0.492 e. The van der Waals surface area contributed by atoms with Crippen LogP contribution in [0.5, 0.6) is 5.75 Å². The average molecular weight is 393 g/mol. The molecule has 1 unspecified atom stereocenters. The van der Waals surface area contributed by atoms with Crippen molar-refractivity contribution in [3.63, 3.8) is 0 Å². The fourth-order valence-electron chi connectivity index (χ4n) is 4.00. The molecule has 2 aliphatic carbocycles. The summed E-state index contributed by atoms with van der Waals surface area (Å²) in [5, 5.41) is 12.9. The number of hydrogen-bond donors (Lipinski definition) is 2. The predicted molar refractivity (Wildman–Crippen MR) is 101 cm³/mol. The molecule has 0 radical (unpaired) electrons. The van der Waals surface area contributed by atoms with Gasteiger partial charge in [-0.25, -0.2) is 0 Å². The maximum Gasteiger partial charge on any atom is 0.317 e. The van der Waals surface area contributed by atoms with Gasteiger partial charge in [0.15, 0.2) is 0 Å². The summed E-state index contributed by atoms with van der Waals surface area (Å²) in [6.07, 6.45) is 4.68. The topological polar surface area (TPSA) is 78.9 Å². The van der Waals surface area contributed by atoms with Crippen LogP contribution in [0.2, 0.25) is 5.02 Å². The van der Waals surface area contributed by atoms with Gasteiger partial charge in [-0.3, -0.25) is 14.5 Å². The highest BCUT2D eigenvalue weighted by molar-refractivity contribution is 6.30. The molecule has 1 aromatic carbocycles. The van der Waals surface area contributed by atoms with Crippen molar-refractivity contribution < 1.29 is 19.4 Å². The zero-order valence-corrected chi connectivity index (χ0v) is 16.0. The van der Waals surface area contributed by atoms with Crippen molar-refractivity contribution >= 4 is 23.5 Å². The molecule has 6 nitrogen and oxygen atoms in total. The molecule has 0 spiro atoms. The van der Waals surface area contributed by atoms with Gasteiger partial charge in [0.05, 0.1) is 12.5 Å². The van der Waals surface area contributed by atoms with E-state index in [2.05, 4.69) is 10.2 Å². The Bertz CT molecular complexity index is 731. The second-order valence-electron chi connectivity index (χ2n) is 8.06. The summed E-state index contributed by atoms with van der Waals surface area (Å²) in [4.78, 5) is 25.8. The van der Waals surface area contributed by atoms with Gasteiger partial charge in [-0.15, -0.1) is 0 Å². The fraction of sp³-hybridized carbons (Fsp3) is 0.600. The lowest BCUT2D eigenvalue weighted by atomic mass is 9.84. The zero-order chi connectivity index (χ0) is 19.0. The third-order valence-corrected chi connectivity index (χ3v) is 6.04. The first-order valence-electron chi connectivity index (χ1n) is 9.65. The van der Waals surface area contributed by atoms with Crippen LogP contribution in [0.15, 0.2) is 18.2 Å². The van der Waals surface area contributed by atoms with Crippen molar-refractivity contribution in [1.82, 2.24) is 10.2 Å². The predicted octanol–water partition coefficient (Wildman–Crippen LogP) is 2.33. The van der Waals surface area contributed by atoms with E-state index in [0.29, 0.717) is 24.0 Å². The van der Waals surface area contributed by atoms with Gasteiger partial charge >= 0.3 is 5.97 Å². The number of halogens is 1. The average Bonchev–Trinajstić information content (AvgIpc) is 3.40. The van der Waals surface area contributed by atoms with Gasteiger partial charge in [0, 0.05) is 23.7 Å². The Morgan fingerprint density at radius 3 is 2.78 bits per heavy atom. The molecular formula is C20H25ClN2O4. The van der Waals surface area contributed by atoms with Gasteiger partial charge in [-0.2, -0.15) is 0 Å². The number of rotatable bonds is 7. The third-order valence-electron chi connectivity index (χ3n) is 5.80. The molecule has 1 amide bonds. The molecule has 1 aliphatic heterocycles. The van der Waals surface area contributed by atoms with E-state index < -0.39 is 5.97 Å². The number of hydrogen-bond acceptors (Lipinski definition) is 4. The van der Waals surface area contributed by atoms with Crippen LogP contribution < -0.4 is 10.1 Å². The summed E-state index contributed by atoms with van der Waals surface area (Å²) in [6, 6.07) is 5.88. The van der Waals surface area contributed by atoms with Gasteiger partial charge in [0.2, 0.25) is 5.91 Å². The molecule has 27 heavy (non-hydrogen) atoms. The highest BCUT2D eigenvalue weighted by Crippen LogP contribution is 2.34. The summed E-state index contributed by atoms with van der Waals surface area (Å²) in [6.45, 7) is 1.34. The number of carbonyl (C=O) groups excluding carboxylic acids is 1. The van der Waals surface area contributed by atoms with Gasteiger partial charge < -0.3 is 15.2 Å². The van der Waals surface area contributed by atoms with E-state index in [9.17, 15) is 9.59 Å². The van der Waals surface area contributed by atoms with Crippen LogP contribution in [-0.4, -0.2) is 53.7 Å². The van der Waals surface area contributed by atoms with Crippen LogP contribution in [0.3, 0.4) is 0 Å². The third kappa shape index (κ3) is 4.55. The Hall–Kier alpha value is -1.79. The van der Waals surface area contributed by atoms with Gasteiger partial charge in [-0.05, 0) is 61.8 Å². The molecule has 2 fully saturated rings. The first-order valence-corrected chi connectivity index (χ1v) is 10.0. The minimum atomic E-state index is -0.778. The van der Waals surface area contributed by atoms with Gasteiger partial charge in [0.1, 0.15) is 12.4 Å². The maximum atomic E-state index is 12.6. The molecule has 1 aromatic rings. The summed E-state index contributed by atoms with van der Waals surface area (Å²) in [7, 11) is 0. The number of carbonyl (C=O) groups is 2. The van der Waals surface area contributed by atoms with Crippen molar-refractivity contribution in [2.24, 2.45) is 11.8 Å². The summed E-state index contributed by atoms with van der Waals surface area (Å²) in [5.41, 5.74) is 0.970. The molecule has 0 saturated heterocycles. The van der Waals surface area contributed by atoms with Crippen molar-refractivity contribution in [2.45, 2.75) is 44.2 Å². The Balaban J connectivity index is 1.27. The monoisotopic (exact) mass is 392 g/mol. The summed E-state index contributed by atoms with van der Waals surface area (Å²) < 4.78 is 5.71. The summed E-state index contributed by atoms with van der Waals surface area (Å²) >= 11 is 6.04. The largest absolute Gasteiger partial charge is 0.492 e. The lowest BCUT2D eigenvalue weighted by Gasteiger charge is -2.43. The first kappa shape index (κ1) is 18.6. The molecule has 1 atom stereocenters. The maximum absolute atomic E-state index is 12.6. The van der Waals surface area contributed by atoms with Crippen molar-refractivity contribution in [3.05, 3.63) is 28.8 Å². The smallest absolute Gasteiger partial charge is 0.317 e. The Kier molecular flexibility index (Phi) is 5.28. The van der Waals surface area contributed by atoms with E-state index >= 15 is 0 Å². The van der Waals surface area contributed by atoms with Crippen molar-refractivity contribution in [1.29, 1.82) is 0 Å². The van der Waals surface area contributed by atoms with E-state index in [0.717, 1.165) is 30.7 Å². The van der Waals surface area contributed by atoms with E-state index in [1.54, 1.807) is 6.07 Å². The van der Waals surface area contributed by atoms with Crippen molar-refractivity contribution in [3.8, 4) is 5.75 Å². The lowest BCUT2D eigenvalue weighted by molar-refractivity contribution is -0.140. The normalized spacial score (nSPS) is 26.7. The molecule has 146 valence electrons. The molecule has 0 aromatic heterocycles. The molecule has 4 rings (SSSR count). The Morgan fingerprint density at radius 2 is 2.07 bits per heavy atom. The fourth-order valence-corrected chi connectivity index (χ4v) is 4.20. The zero-order valence-electron chi connectivity index (χ0n) is 15.2. The molecule has 3 aliphatic rings. The number of fused-ring (bicyclic) bond motifs is 1. The molecule has 7 heteroatoms. The number of amides is 1. The molecule has 1 heterocycles. The Morgan fingerprint density at radius 1 is 1.30 bits per heavy atom. The van der Waals surface area contributed by atoms with E-state index in [4.69, 9.17) is 21.4 Å². The molecule has 2 saturated carbocycles. The number of nitrogens with one attached hydrogen (secondary N) is 1. The van der Waals surface area contributed by atoms with Crippen LogP contribution in [0.4, 0.5) is 0 Å². The van der Waals surface area contributed by atoms with Crippen LogP contribution in [0, 0.1) is 11.8 Å². The highest BCUT2D eigenvalue weighted by Gasteiger charge is 2.38. The lowest BCUT2D eigenvalue weighted by Crippen LogP contribution is -2.56. The quantitative estimate of drug-likeness (QED) is 0.744. The number of aliphatic carboxylic acids is 1. The SMILES string of the molecule is O=C(O)CN(CC1CC1)C1CC(NC(=O)C2COc3ccc(Cl)cc3C2)C1. The van der Waals surface area contributed by atoms with E-state index in [1.807, 2.05) is 12.1 Å². The van der Waals surface area contributed by atoms with E-state index in [1.165, 1.54) is 12.8 Å². The second-order valence-corrected chi connectivity index (χ2v) is 8.50. The number of ether oxygens (including phenoxy) is 1. The highest BCUT2D eigenvalue weighted by atomic mass is 35.5. The van der Waals surface area contributed by atoms with Crippen LogP contribution in [-0.2, 0) is 16.0 Å². The van der Waals surface area contributed by atoms with Crippen LogP contribution in [0.25, 0.3) is 0 Å². The number of carboxylic acids is 1. The summed E-state index contributed by atoms with van der Waals surface area (Å²) in [5.74, 6) is 0.480. The number of carboxylic acid groups (broad SMARTS) is 1. The van der Waals surface area contributed by atoms with E-state index in [-0.39, 0.29) is 30.5 Å². The second kappa shape index (κ2) is 7.68. The van der Waals surface area contributed by atoms with Crippen LogP contribution in [0.1, 0.15) is 31.2 Å². The molecule has 0 bridgehead atoms. The molecule has 2 N–H and O–H groups in total. The molecular weight excluding hydrogens is 368 g/mol. The van der Waals surface area contributed by atoms with Gasteiger partial charge in [-0.1, -0.05) is 11.6 Å². The number of nitrogens with zero attached hydrogens (tertiary/aromatic N) is 1. The number of benzene rings is 1. The standard InChI is InChI=1S/C20H25ClN2O4/c21-15-3-4-18-13(6-15)5-14(11-27-18)20(26)22-16-7-17(8-16)23(10-19(24)25)9-12-1-2-12/h3-4,6,12,14,16-17H,1-2,5,7-11H2,(H,22,26)(H,24,25). The van der Waals surface area contributed by atoms with Crippen molar-refractivity contribution in [2.75, 3.05) is 19.7 Å². The van der Waals surface area contributed by atoms with Gasteiger partial charge in [0.25, 0.3) is 0 Å². The first-order chi connectivity index (χ1) is 13.0. The Labute approximate surface area is 163 Å². The minimum absolute atomic E-state index is 0.0102.